The second-order valence-corrected chi connectivity index (χ2v) is 4.21. The molecule has 0 saturated carbocycles. The third-order valence-electron chi connectivity index (χ3n) is 2.36. The Morgan fingerprint density at radius 1 is 1.37 bits per heavy atom. The molecular formula is C13H13ClFN3O. The summed E-state index contributed by atoms with van der Waals surface area (Å²) in [6.45, 7) is 2.29. The first-order chi connectivity index (χ1) is 9.10. The molecule has 19 heavy (non-hydrogen) atoms. The van der Waals surface area contributed by atoms with Crippen molar-refractivity contribution in [3.8, 4) is 5.88 Å². The van der Waals surface area contributed by atoms with Gasteiger partial charge in [0.25, 0.3) is 0 Å². The monoisotopic (exact) mass is 281 g/mol. The minimum absolute atomic E-state index is 0.282. The highest BCUT2D eigenvalue weighted by Crippen LogP contribution is 2.25. The molecule has 0 aliphatic carbocycles. The maximum Gasteiger partial charge on any atom is 0.239 e. The number of nitrogens with two attached hydrogens (primary N) is 1. The van der Waals surface area contributed by atoms with Crippen molar-refractivity contribution in [2.75, 3.05) is 17.7 Å². The SMILES string of the molecule is CCOc1nc(Nc2ccc(Cl)cc2F)ccc1N. The summed E-state index contributed by atoms with van der Waals surface area (Å²) in [6.07, 6.45) is 0. The molecule has 3 N–H and O–H groups in total. The van der Waals surface area contributed by atoms with Gasteiger partial charge < -0.3 is 15.8 Å². The second kappa shape index (κ2) is 5.75. The van der Waals surface area contributed by atoms with E-state index in [1.165, 1.54) is 12.1 Å². The molecule has 1 aromatic heterocycles. The zero-order valence-corrected chi connectivity index (χ0v) is 11.0. The van der Waals surface area contributed by atoms with E-state index in [0.29, 0.717) is 29.0 Å². The van der Waals surface area contributed by atoms with E-state index in [0.717, 1.165) is 0 Å². The van der Waals surface area contributed by atoms with E-state index in [4.69, 9.17) is 22.1 Å². The first-order valence-electron chi connectivity index (χ1n) is 5.71. The quantitative estimate of drug-likeness (QED) is 0.899. The number of hydrogen-bond donors (Lipinski definition) is 2. The van der Waals surface area contributed by atoms with Crippen molar-refractivity contribution in [3.05, 3.63) is 41.2 Å². The van der Waals surface area contributed by atoms with Crippen molar-refractivity contribution in [2.45, 2.75) is 6.92 Å². The van der Waals surface area contributed by atoms with Crippen molar-refractivity contribution in [2.24, 2.45) is 0 Å². The number of ether oxygens (including phenoxy) is 1. The summed E-state index contributed by atoms with van der Waals surface area (Å²) in [4.78, 5) is 4.16. The Balaban J connectivity index is 2.25. The average molecular weight is 282 g/mol. The number of rotatable bonds is 4. The van der Waals surface area contributed by atoms with Gasteiger partial charge in [-0.05, 0) is 37.3 Å². The van der Waals surface area contributed by atoms with Gasteiger partial charge >= 0.3 is 0 Å². The summed E-state index contributed by atoms with van der Waals surface area (Å²) >= 11 is 5.69. The number of benzene rings is 1. The summed E-state index contributed by atoms with van der Waals surface area (Å²) < 4.78 is 18.9. The van der Waals surface area contributed by atoms with E-state index >= 15 is 0 Å². The molecule has 6 heteroatoms. The van der Waals surface area contributed by atoms with Gasteiger partial charge in [-0.3, -0.25) is 0 Å². The highest BCUT2D eigenvalue weighted by Gasteiger charge is 2.07. The molecule has 0 atom stereocenters. The molecule has 2 rings (SSSR count). The standard InChI is InChI=1S/C13H13ClFN3O/c1-2-19-13-10(16)4-6-12(18-13)17-11-5-3-8(14)7-9(11)15/h3-7H,2,16H2,1H3,(H,17,18). The van der Waals surface area contributed by atoms with Gasteiger partial charge in [-0.1, -0.05) is 11.6 Å². The zero-order valence-electron chi connectivity index (χ0n) is 10.3. The molecular weight excluding hydrogens is 269 g/mol. The van der Waals surface area contributed by atoms with Crippen LogP contribution in [0.2, 0.25) is 5.02 Å². The Kier molecular flexibility index (Phi) is 4.06. The fourth-order valence-electron chi connectivity index (χ4n) is 1.50. The first-order valence-corrected chi connectivity index (χ1v) is 6.09. The predicted octanol–water partition coefficient (Wildman–Crippen LogP) is 3.60. The van der Waals surface area contributed by atoms with E-state index < -0.39 is 5.82 Å². The van der Waals surface area contributed by atoms with Crippen molar-refractivity contribution in [1.82, 2.24) is 4.98 Å². The minimum Gasteiger partial charge on any atom is -0.476 e. The van der Waals surface area contributed by atoms with Crippen molar-refractivity contribution in [3.63, 3.8) is 0 Å². The van der Waals surface area contributed by atoms with Gasteiger partial charge in [0.2, 0.25) is 5.88 Å². The molecule has 0 aliphatic rings. The maximum absolute atomic E-state index is 13.6. The van der Waals surface area contributed by atoms with Crippen LogP contribution in [0.4, 0.5) is 21.6 Å². The third-order valence-corrected chi connectivity index (χ3v) is 2.60. The minimum atomic E-state index is -0.455. The van der Waals surface area contributed by atoms with Crippen LogP contribution in [0.25, 0.3) is 0 Å². The number of nitrogens with one attached hydrogen (secondary N) is 1. The molecule has 0 aliphatic heterocycles. The Hall–Kier alpha value is -2.01. The van der Waals surface area contributed by atoms with E-state index in [2.05, 4.69) is 10.3 Å². The van der Waals surface area contributed by atoms with Crippen LogP contribution in [0.3, 0.4) is 0 Å². The number of nitrogen functional groups attached to an aromatic ring is 1. The summed E-state index contributed by atoms with van der Waals surface area (Å²) in [7, 11) is 0. The summed E-state index contributed by atoms with van der Waals surface area (Å²) in [5.74, 6) is 0.310. The van der Waals surface area contributed by atoms with Gasteiger partial charge in [0.05, 0.1) is 18.0 Å². The lowest BCUT2D eigenvalue weighted by Crippen LogP contribution is -2.02. The van der Waals surface area contributed by atoms with E-state index in [9.17, 15) is 4.39 Å². The molecule has 0 unspecified atom stereocenters. The van der Waals surface area contributed by atoms with Crippen LogP contribution in [0, 0.1) is 5.82 Å². The summed E-state index contributed by atoms with van der Waals surface area (Å²) in [5.41, 5.74) is 6.43. The zero-order chi connectivity index (χ0) is 13.8. The topological polar surface area (TPSA) is 60.2 Å². The molecule has 0 fully saturated rings. The Morgan fingerprint density at radius 2 is 2.16 bits per heavy atom. The normalized spacial score (nSPS) is 10.3. The molecule has 2 aromatic rings. The lowest BCUT2D eigenvalue weighted by molar-refractivity contribution is 0.329. The van der Waals surface area contributed by atoms with Gasteiger partial charge in [0, 0.05) is 5.02 Å². The molecule has 1 heterocycles. The molecule has 100 valence electrons. The maximum atomic E-state index is 13.6. The highest BCUT2D eigenvalue weighted by atomic mass is 35.5. The molecule has 0 spiro atoms. The Labute approximate surface area is 115 Å². The fourth-order valence-corrected chi connectivity index (χ4v) is 1.66. The van der Waals surface area contributed by atoms with Crippen molar-refractivity contribution >= 4 is 28.8 Å². The van der Waals surface area contributed by atoms with E-state index in [1.54, 1.807) is 18.2 Å². The highest BCUT2D eigenvalue weighted by molar-refractivity contribution is 6.30. The molecule has 0 amide bonds. The van der Waals surface area contributed by atoms with E-state index in [1.807, 2.05) is 6.92 Å². The number of aromatic nitrogens is 1. The third kappa shape index (κ3) is 3.26. The van der Waals surface area contributed by atoms with Crippen LogP contribution in [-0.4, -0.2) is 11.6 Å². The predicted molar refractivity (Wildman–Crippen MR) is 74.5 cm³/mol. The molecule has 0 saturated heterocycles. The number of anilines is 3. The number of halogens is 2. The lowest BCUT2D eigenvalue weighted by atomic mass is 10.3. The van der Waals surface area contributed by atoms with Crippen LogP contribution in [0.5, 0.6) is 5.88 Å². The number of pyridine rings is 1. The Morgan fingerprint density at radius 3 is 2.84 bits per heavy atom. The smallest absolute Gasteiger partial charge is 0.239 e. The molecule has 1 aromatic carbocycles. The van der Waals surface area contributed by atoms with Crippen LogP contribution >= 0.6 is 11.6 Å². The molecule has 0 radical (unpaired) electrons. The van der Waals surface area contributed by atoms with Gasteiger partial charge in [-0.15, -0.1) is 0 Å². The Bertz CT molecular complexity index is 592. The van der Waals surface area contributed by atoms with Crippen LogP contribution in [-0.2, 0) is 0 Å². The molecule has 0 bridgehead atoms. The fraction of sp³-hybridized carbons (Fsp3) is 0.154. The van der Waals surface area contributed by atoms with Crippen LogP contribution in [0.15, 0.2) is 30.3 Å². The van der Waals surface area contributed by atoms with Crippen molar-refractivity contribution in [1.29, 1.82) is 0 Å². The first kappa shape index (κ1) is 13.4. The summed E-state index contributed by atoms with van der Waals surface area (Å²) in [5, 5.41) is 3.18. The second-order valence-electron chi connectivity index (χ2n) is 3.77. The van der Waals surface area contributed by atoms with E-state index in [-0.39, 0.29) is 5.69 Å². The number of hydrogen-bond acceptors (Lipinski definition) is 4. The van der Waals surface area contributed by atoms with Crippen LogP contribution in [0.1, 0.15) is 6.92 Å². The van der Waals surface area contributed by atoms with Gasteiger partial charge in [-0.2, -0.15) is 4.98 Å². The van der Waals surface area contributed by atoms with Crippen LogP contribution < -0.4 is 15.8 Å². The summed E-state index contributed by atoms with van der Waals surface area (Å²) in [6, 6.07) is 7.65. The van der Waals surface area contributed by atoms with Crippen molar-refractivity contribution < 1.29 is 9.13 Å². The molecule has 4 nitrogen and oxygen atoms in total. The van der Waals surface area contributed by atoms with Gasteiger partial charge in [-0.25, -0.2) is 4.39 Å². The lowest BCUT2D eigenvalue weighted by Gasteiger charge is -2.10. The largest absolute Gasteiger partial charge is 0.476 e. The van der Waals surface area contributed by atoms with Gasteiger partial charge in [0.15, 0.2) is 0 Å². The van der Waals surface area contributed by atoms with Gasteiger partial charge in [0.1, 0.15) is 11.6 Å². The average Bonchev–Trinajstić information content (AvgIpc) is 2.37. The number of nitrogens with zero attached hydrogens (tertiary/aromatic N) is 1.